The second-order valence-corrected chi connectivity index (χ2v) is 6.81. The van der Waals surface area contributed by atoms with Crippen molar-refractivity contribution in [1.82, 2.24) is 5.32 Å². The summed E-state index contributed by atoms with van der Waals surface area (Å²) in [5, 5.41) is 41.2. The van der Waals surface area contributed by atoms with E-state index < -0.39 is 78.3 Å². The number of carbonyl (C=O) groups excluding carboxylic acids is 4. The molecule has 32 heavy (non-hydrogen) atoms. The number of amides is 1. The SMILES string of the molecule is CC(=O)Oc1cc(C(=O)N[C@@H]2O[C@H](CO)[C@@H](O)[C@H](O)[C@H]2O)cc(OC(C)=O)c1OC(C)=O. The molecule has 5 N–H and O–H groups in total. The lowest BCUT2D eigenvalue weighted by Crippen LogP contribution is -2.63. The van der Waals surface area contributed by atoms with E-state index in [9.17, 15) is 39.6 Å². The van der Waals surface area contributed by atoms with Gasteiger partial charge in [0, 0.05) is 26.3 Å². The summed E-state index contributed by atoms with van der Waals surface area (Å²) < 4.78 is 20.1. The number of ether oxygens (including phenoxy) is 4. The van der Waals surface area contributed by atoms with Crippen LogP contribution in [0.3, 0.4) is 0 Å². The summed E-state index contributed by atoms with van der Waals surface area (Å²) in [6.45, 7) is 2.43. The molecule has 1 aliphatic heterocycles. The third-order valence-electron chi connectivity index (χ3n) is 4.20. The first-order valence-electron chi connectivity index (χ1n) is 9.29. The Hall–Kier alpha value is -3.10. The van der Waals surface area contributed by atoms with E-state index in [0.29, 0.717) is 0 Å². The maximum absolute atomic E-state index is 12.8. The van der Waals surface area contributed by atoms with Crippen LogP contribution >= 0.6 is 0 Å². The molecule has 0 radical (unpaired) electrons. The van der Waals surface area contributed by atoms with Crippen LogP contribution in [0.1, 0.15) is 31.1 Å². The highest BCUT2D eigenvalue weighted by molar-refractivity contribution is 5.96. The normalized spacial score (nSPS) is 24.9. The molecule has 2 rings (SSSR count). The van der Waals surface area contributed by atoms with Crippen LogP contribution in [-0.2, 0) is 19.1 Å². The summed E-state index contributed by atoms with van der Waals surface area (Å²) >= 11 is 0. The standard InChI is InChI=1S/C19H23NO12/c1-7(22)29-11-4-10(5-12(30-8(2)23)17(11)31-9(3)24)18(28)20-19-16(27)15(26)14(25)13(6-21)32-19/h4-5,13-16,19,21,25-27H,6H2,1-3H3,(H,20,28)/t13-,14-,15+,16-,19-/m1/s1. The van der Waals surface area contributed by atoms with Gasteiger partial charge in [0.25, 0.3) is 5.91 Å². The van der Waals surface area contributed by atoms with Crippen LogP contribution in [0.4, 0.5) is 0 Å². The number of rotatable bonds is 6. The first kappa shape index (κ1) is 25.2. The second-order valence-electron chi connectivity index (χ2n) is 6.81. The van der Waals surface area contributed by atoms with Crippen molar-refractivity contribution in [2.75, 3.05) is 6.61 Å². The van der Waals surface area contributed by atoms with Gasteiger partial charge in [0.15, 0.2) is 17.7 Å². The van der Waals surface area contributed by atoms with Crippen molar-refractivity contribution in [2.45, 2.75) is 51.4 Å². The van der Waals surface area contributed by atoms with E-state index in [2.05, 4.69) is 5.32 Å². The van der Waals surface area contributed by atoms with Gasteiger partial charge in [-0.1, -0.05) is 0 Å². The van der Waals surface area contributed by atoms with Gasteiger partial charge in [-0.05, 0) is 12.1 Å². The number of aliphatic hydroxyl groups excluding tert-OH is 4. The van der Waals surface area contributed by atoms with Crippen LogP contribution in [0.15, 0.2) is 12.1 Å². The molecule has 1 saturated heterocycles. The monoisotopic (exact) mass is 457 g/mol. The third-order valence-corrected chi connectivity index (χ3v) is 4.20. The van der Waals surface area contributed by atoms with E-state index in [-0.39, 0.29) is 5.56 Å². The van der Waals surface area contributed by atoms with Gasteiger partial charge in [0.1, 0.15) is 24.4 Å². The zero-order valence-electron chi connectivity index (χ0n) is 17.3. The molecule has 0 aromatic heterocycles. The minimum absolute atomic E-state index is 0.273. The molecule has 1 fully saturated rings. The molecule has 1 aromatic carbocycles. The Morgan fingerprint density at radius 3 is 1.81 bits per heavy atom. The van der Waals surface area contributed by atoms with Crippen molar-refractivity contribution in [3.63, 3.8) is 0 Å². The number of nitrogens with one attached hydrogen (secondary N) is 1. The van der Waals surface area contributed by atoms with E-state index in [4.69, 9.17) is 18.9 Å². The van der Waals surface area contributed by atoms with Crippen LogP contribution in [0.2, 0.25) is 0 Å². The number of hydrogen-bond donors (Lipinski definition) is 5. The predicted molar refractivity (Wildman–Crippen MR) is 102 cm³/mol. The van der Waals surface area contributed by atoms with Crippen molar-refractivity contribution in [3.8, 4) is 17.2 Å². The van der Waals surface area contributed by atoms with Gasteiger partial charge in [-0.25, -0.2) is 0 Å². The summed E-state index contributed by atoms with van der Waals surface area (Å²) in [5.41, 5.74) is -0.273. The van der Waals surface area contributed by atoms with Crippen LogP contribution in [0, 0.1) is 0 Å². The van der Waals surface area contributed by atoms with E-state index in [1.165, 1.54) is 0 Å². The quantitative estimate of drug-likeness (QED) is 0.233. The molecule has 0 saturated carbocycles. The molecule has 0 spiro atoms. The highest BCUT2D eigenvalue weighted by atomic mass is 16.6. The summed E-state index contributed by atoms with van der Waals surface area (Å²) in [6, 6.07) is 2.01. The average Bonchev–Trinajstić information content (AvgIpc) is 2.69. The highest BCUT2D eigenvalue weighted by Crippen LogP contribution is 2.39. The van der Waals surface area contributed by atoms with Crippen molar-refractivity contribution < 1.29 is 58.6 Å². The fourth-order valence-electron chi connectivity index (χ4n) is 2.85. The van der Waals surface area contributed by atoms with Gasteiger partial charge in [0.05, 0.1) is 6.61 Å². The smallest absolute Gasteiger partial charge is 0.308 e. The van der Waals surface area contributed by atoms with Crippen LogP contribution in [0.5, 0.6) is 17.2 Å². The fraction of sp³-hybridized carbons (Fsp3) is 0.474. The van der Waals surface area contributed by atoms with E-state index in [1.807, 2.05) is 0 Å². The van der Waals surface area contributed by atoms with Gasteiger partial charge in [-0.15, -0.1) is 0 Å². The van der Waals surface area contributed by atoms with Gasteiger partial charge < -0.3 is 44.7 Å². The Kier molecular flexibility index (Phi) is 8.24. The summed E-state index contributed by atoms with van der Waals surface area (Å²) in [5.74, 6) is -4.70. The zero-order chi connectivity index (χ0) is 24.2. The molecule has 1 aliphatic rings. The lowest BCUT2D eigenvalue weighted by molar-refractivity contribution is -0.233. The Bertz CT molecular complexity index is 861. The minimum Gasteiger partial charge on any atom is -0.423 e. The predicted octanol–water partition coefficient (Wildman–Crippen LogP) is -2.01. The molecule has 13 nitrogen and oxygen atoms in total. The summed E-state index contributed by atoms with van der Waals surface area (Å²) in [6.07, 6.45) is -7.92. The number of esters is 3. The Balaban J connectivity index is 2.42. The Labute approximate surface area is 181 Å². The minimum atomic E-state index is -1.75. The number of carbonyl (C=O) groups is 4. The molecule has 1 heterocycles. The molecule has 1 aromatic rings. The van der Waals surface area contributed by atoms with Crippen LogP contribution in [0.25, 0.3) is 0 Å². The van der Waals surface area contributed by atoms with Crippen molar-refractivity contribution in [3.05, 3.63) is 17.7 Å². The molecule has 176 valence electrons. The van der Waals surface area contributed by atoms with Gasteiger partial charge in [-0.3, -0.25) is 19.2 Å². The number of aliphatic hydroxyl groups is 4. The molecular formula is C19H23NO12. The fourth-order valence-corrected chi connectivity index (χ4v) is 2.85. The molecule has 0 unspecified atom stereocenters. The largest absolute Gasteiger partial charge is 0.423 e. The van der Waals surface area contributed by atoms with E-state index in [1.54, 1.807) is 0 Å². The first-order valence-corrected chi connectivity index (χ1v) is 9.29. The molecule has 5 atom stereocenters. The number of hydrogen-bond acceptors (Lipinski definition) is 12. The number of benzene rings is 1. The van der Waals surface area contributed by atoms with Crippen LogP contribution in [-0.4, -0.2) is 81.5 Å². The van der Waals surface area contributed by atoms with E-state index in [0.717, 1.165) is 32.9 Å². The molecule has 1 amide bonds. The summed E-state index contributed by atoms with van der Waals surface area (Å²) in [4.78, 5) is 47.1. The topological polar surface area (TPSA) is 198 Å². The van der Waals surface area contributed by atoms with Gasteiger partial charge in [0.2, 0.25) is 5.75 Å². The maximum Gasteiger partial charge on any atom is 0.308 e. The maximum atomic E-state index is 12.8. The van der Waals surface area contributed by atoms with Gasteiger partial charge in [-0.2, -0.15) is 0 Å². The lowest BCUT2D eigenvalue weighted by Gasteiger charge is -2.40. The molecule has 0 aliphatic carbocycles. The van der Waals surface area contributed by atoms with Crippen molar-refractivity contribution in [2.24, 2.45) is 0 Å². The zero-order valence-corrected chi connectivity index (χ0v) is 17.3. The van der Waals surface area contributed by atoms with E-state index >= 15 is 0 Å². The molecular weight excluding hydrogens is 434 g/mol. The van der Waals surface area contributed by atoms with Crippen LogP contribution < -0.4 is 19.5 Å². The second kappa shape index (κ2) is 10.5. The van der Waals surface area contributed by atoms with Gasteiger partial charge >= 0.3 is 17.9 Å². The third kappa shape index (κ3) is 5.99. The van der Waals surface area contributed by atoms with Crippen molar-refractivity contribution in [1.29, 1.82) is 0 Å². The summed E-state index contributed by atoms with van der Waals surface area (Å²) in [7, 11) is 0. The average molecular weight is 457 g/mol. The molecule has 0 bridgehead atoms. The Morgan fingerprint density at radius 2 is 1.38 bits per heavy atom. The van der Waals surface area contributed by atoms with Crippen molar-refractivity contribution >= 4 is 23.8 Å². The first-order chi connectivity index (χ1) is 14.9. The lowest BCUT2D eigenvalue weighted by atomic mass is 9.98. The molecule has 13 heteroatoms. The highest BCUT2D eigenvalue weighted by Gasteiger charge is 2.44. The Morgan fingerprint density at radius 1 is 0.875 bits per heavy atom.